The summed E-state index contributed by atoms with van der Waals surface area (Å²) in [6.45, 7) is 1.07. The van der Waals surface area contributed by atoms with Crippen molar-refractivity contribution in [2.45, 2.75) is 18.9 Å². The standard InChI is InChI=1S/C20H19N5O3/c26-14-15-5-3-9-21-19(15)28-16-6-4-12-24(13-16)20(27)17-7-1-2-8-18(17)25-22-10-11-23-25/h1-3,5,7-11,14,16H,4,6,12-13H2. The van der Waals surface area contributed by atoms with Crippen molar-refractivity contribution in [3.05, 3.63) is 66.1 Å². The van der Waals surface area contributed by atoms with Crippen molar-refractivity contribution >= 4 is 12.2 Å². The number of benzene rings is 1. The van der Waals surface area contributed by atoms with Crippen LogP contribution in [0.15, 0.2) is 55.0 Å². The van der Waals surface area contributed by atoms with E-state index in [0.717, 1.165) is 19.1 Å². The number of pyridine rings is 1. The lowest BCUT2D eigenvalue weighted by Gasteiger charge is -2.33. The molecule has 1 fully saturated rings. The van der Waals surface area contributed by atoms with E-state index >= 15 is 0 Å². The number of nitrogens with zero attached hydrogens (tertiary/aromatic N) is 5. The Morgan fingerprint density at radius 3 is 2.75 bits per heavy atom. The van der Waals surface area contributed by atoms with E-state index in [0.29, 0.717) is 35.8 Å². The first-order valence-electron chi connectivity index (χ1n) is 9.08. The molecule has 8 heteroatoms. The molecule has 0 bridgehead atoms. The van der Waals surface area contributed by atoms with Gasteiger partial charge in [0.1, 0.15) is 6.10 Å². The smallest absolute Gasteiger partial charge is 0.256 e. The Balaban J connectivity index is 1.52. The SMILES string of the molecule is O=Cc1cccnc1OC1CCCN(C(=O)c2ccccc2-n2nccn2)C1. The van der Waals surface area contributed by atoms with Gasteiger partial charge in [-0.25, -0.2) is 4.98 Å². The first-order valence-corrected chi connectivity index (χ1v) is 9.08. The normalized spacial score (nSPS) is 16.6. The molecule has 2 aromatic heterocycles. The van der Waals surface area contributed by atoms with Gasteiger partial charge < -0.3 is 9.64 Å². The van der Waals surface area contributed by atoms with E-state index in [9.17, 15) is 9.59 Å². The Morgan fingerprint density at radius 2 is 1.93 bits per heavy atom. The summed E-state index contributed by atoms with van der Waals surface area (Å²) in [6, 6.07) is 10.6. The van der Waals surface area contributed by atoms with Gasteiger partial charge in [0.15, 0.2) is 6.29 Å². The van der Waals surface area contributed by atoms with Crippen molar-refractivity contribution in [3.63, 3.8) is 0 Å². The minimum Gasteiger partial charge on any atom is -0.472 e. The first-order chi connectivity index (χ1) is 13.8. The fraction of sp³-hybridized carbons (Fsp3) is 0.250. The second-order valence-corrected chi connectivity index (χ2v) is 6.48. The molecule has 1 unspecified atom stereocenters. The summed E-state index contributed by atoms with van der Waals surface area (Å²) in [5.41, 5.74) is 1.57. The number of carbonyl (C=O) groups is 2. The van der Waals surface area contributed by atoms with Crippen molar-refractivity contribution in [3.8, 4) is 11.6 Å². The number of rotatable bonds is 5. The zero-order valence-electron chi connectivity index (χ0n) is 15.1. The van der Waals surface area contributed by atoms with Crippen LogP contribution in [0.25, 0.3) is 5.69 Å². The van der Waals surface area contributed by atoms with Gasteiger partial charge in [0.2, 0.25) is 5.88 Å². The van der Waals surface area contributed by atoms with Gasteiger partial charge in [-0.05, 0) is 37.1 Å². The van der Waals surface area contributed by atoms with Crippen molar-refractivity contribution in [1.82, 2.24) is 24.9 Å². The zero-order chi connectivity index (χ0) is 19.3. The molecule has 0 N–H and O–H groups in total. The highest BCUT2D eigenvalue weighted by atomic mass is 16.5. The number of carbonyl (C=O) groups excluding carboxylic acids is 2. The Hall–Kier alpha value is -3.55. The molecule has 28 heavy (non-hydrogen) atoms. The third-order valence-electron chi connectivity index (χ3n) is 4.64. The van der Waals surface area contributed by atoms with E-state index in [2.05, 4.69) is 15.2 Å². The van der Waals surface area contributed by atoms with Gasteiger partial charge in [0.05, 0.1) is 35.8 Å². The Labute approximate surface area is 161 Å². The van der Waals surface area contributed by atoms with Crippen LogP contribution in [0.2, 0.25) is 0 Å². The van der Waals surface area contributed by atoms with Crippen LogP contribution in [0.3, 0.4) is 0 Å². The fourth-order valence-corrected chi connectivity index (χ4v) is 3.31. The van der Waals surface area contributed by atoms with E-state index in [4.69, 9.17) is 4.74 Å². The summed E-state index contributed by atoms with van der Waals surface area (Å²) in [6.07, 6.45) is 6.83. The van der Waals surface area contributed by atoms with Crippen LogP contribution in [0, 0.1) is 0 Å². The molecule has 1 aliphatic heterocycles. The Bertz CT molecular complexity index is 973. The molecule has 1 aliphatic rings. The summed E-state index contributed by atoms with van der Waals surface area (Å²) in [7, 11) is 0. The van der Waals surface area contributed by atoms with Crippen molar-refractivity contribution < 1.29 is 14.3 Å². The third-order valence-corrected chi connectivity index (χ3v) is 4.64. The van der Waals surface area contributed by atoms with Crippen LogP contribution in [0.4, 0.5) is 0 Å². The summed E-state index contributed by atoms with van der Waals surface area (Å²) >= 11 is 0. The van der Waals surface area contributed by atoms with Crippen molar-refractivity contribution in [1.29, 1.82) is 0 Å². The van der Waals surface area contributed by atoms with Gasteiger partial charge in [-0.15, -0.1) is 0 Å². The second-order valence-electron chi connectivity index (χ2n) is 6.48. The molecular formula is C20H19N5O3. The van der Waals surface area contributed by atoms with Crippen molar-refractivity contribution in [2.24, 2.45) is 0 Å². The van der Waals surface area contributed by atoms with Crippen molar-refractivity contribution in [2.75, 3.05) is 13.1 Å². The first kappa shape index (κ1) is 17.8. The van der Waals surface area contributed by atoms with Gasteiger partial charge in [-0.3, -0.25) is 9.59 Å². The van der Waals surface area contributed by atoms with Crippen LogP contribution < -0.4 is 4.74 Å². The minimum atomic E-state index is -0.221. The van der Waals surface area contributed by atoms with E-state index in [1.165, 1.54) is 4.80 Å². The number of piperidine rings is 1. The van der Waals surface area contributed by atoms with Gasteiger partial charge in [0, 0.05) is 12.7 Å². The predicted octanol–water partition coefficient (Wildman–Crippen LogP) is 2.16. The summed E-state index contributed by atoms with van der Waals surface area (Å²) < 4.78 is 5.93. The monoisotopic (exact) mass is 377 g/mol. The van der Waals surface area contributed by atoms with Crippen LogP contribution in [0.1, 0.15) is 33.6 Å². The molecule has 3 heterocycles. The van der Waals surface area contributed by atoms with Gasteiger partial charge in [-0.1, -0.05) is 12.1 Å². The largest absolute Gasteiger partial charge is 0.472 e. The highest BCUT2D eigenvalue weighted by molar-refractivity contribution is 5.97. The summed E-state index contributed by atoms with van der Waals surface area (Å²) in [5.74, 6) is 0.204. The highest BCUT2D eigenvalue weighted by Gasteiger charge is 2.28. The number of amides is 1. The lowest BCUT2D eigenvalue weighted by Crippen LogP contribution is -2.44. The molecule has 142 valence electrons. The molecular weight excluding hydrogens is 358 g/mol. The number of para-hydroxylation sites is 1. The number of hydrogen-bond donors (Lipinski definition) is 0. The fourth-order valence-electron chi connectivity index (χ4n) is 3.31. The number of likely N-dealkylation sites (tertiary alicyclic amines) is 1. The van der Waals surface area contributed by atoms with Gasteiger partial charge in [-0.2, -0.15) is 15.0 Å². The molecule has 0 saturated carbocycles. The molecule has 0 radical (unpaired) electrons. The Morgan fingerprint density at radius 1 is 1.11 bits per heavy atom. The van der Waals surface area contributed by atoms with Gasteiger partial charge >= 0.3 is 0 Å². The number of ether oxygens (including phenoxy) is 1. The van der Waals surface area contributed by atoms with E-state index in [1.807, 2.05) is 18.2 Å². The number of hydrogen-bond acceptors (Lipinski definition) is 6. The molecule has 1 atom stereocenters. The van der Waals surface area contributed by atoms with E-state index < -0.39 is 0 Å². The van der Waals surface area contributed by atoms with Crippen LogP contribution in [0.5, 0.6) is 5.88 Å². The average molecular weight is 377 g/mol. The zero-order valence-corrected chi connectivity index (χ0v) is 15.1. The highest BCUT2D eigenvalue weighted by Crippen LogP contribution is 2.22. The van der Waals surface area contributed by atoms with E-state index in [-0.39, 0.29) is 12.0 Å². The lowest BCUT2D eigenvalue weighted by atomic mass is 10.1. The van der Waals surface area contributed by atoms with Gasteiger partial charge in [0.25, 0.3) is 5.91 Å². The third kappa shape index (κ3) is 3.62. The predicted molar refractivity (Wildman–Crippen MR) is 101 cm³/mol. The van der Waals surface area contributed by atoms with Crippen LogP contribution in [-0.4, -0.2) is 56.3 Å². The molecule has 8 nitrogen and oxygen atoms in total. The maximum absolute atomic E-state index is 13.2. The molecule has 1 saturated heterocycles. The second kappa shape index (κ2) is 7.99. The van der Waals surface area contributed by atoms with E-state index in [1.54, 1.807) is 41.7 Å². The lowest BCUT2D eigenvalue weighted by molar-refractivity contribution is 0.0524. The van der Waals surface area contributed by atoms with Crippen LogP contribution in [-0.2, 0) is 0 Å². The minimum absolute atomic E-state index is 0.0992. The maximum atomic E-state index is 13.2. The average Bonchev–Trinajstić information content (AvgIpc) is 3.29. The number of aromatic nitrogens is 4. The number of aldehydes is 1. The topological polar surface area (TPSA) is 90.2 Å². The molecule has 0 spiro atoms. The molecule has 0 aliphatic carbocycles. The van der Waals surface area contributed by atoms with Crippen LogP contribution >= 0.6 is 0 Å². The summed E-state index contributed by atoms with van der Waals surface area (Å²) in [5, 5.41) is 8.27. The quantitative estimate of drug-likeness (QED) is 0.633. The molecule has 4 rings (SSSR count). The molecule has 1 amide bonds. The maximum Gasteiger partial charge on any atom is 0.256 e. The summed E-state index contributed by atoms with van der Waals surface area (Å²) in [4.78, 5) is 31.7. The Kier molecular flexibility index (Phi) is 5.09. The molecule has 1 aromatic carbocycles. The molecule has 3 aromatic rings.